The van der Waals surface area contributed by atoms with E-state index in [-0.39, 0.29) is 0 Å². The molecular weight excluding hydrogens is 188 g/mol. The molecule has 0 saturated carbocycles. The van der Waals surface area contributed by atoms with E-state index >= 15 is 0 Å². The monoisotopic (exact) mass is 206 g/mol. The fourth-order valence-corrected chi connectivity index (χ4v) is 2.02. The van der Waals surface area contributed by atoms with Gasteiger partial charge in [-0.25, -0.2) is 0 Å². The molecule has 1 N–H and O–H groups in total. The Morgan fingerprint density at radius 3 is 2.53 bits per heavy atom. The minimum atomic E-state index is -0.660. The standard InChI is InChI=1S/C12H18N2O/c1-10-3-4-11(9-13-10)12(15)5-7-14(2)8-6-12/h3-4,9,15H,5-8H2,1-2H3. The van der Waals surface area contributed by atoms with Gasteiger partial charge in [-0.2, -0.15) is 0 Å². The molecule has 0 spiro atoms. The molecule has 0 aromatic carbocycles. The number of piperidine rings is 1. The van der Waals surface area contributed by atoms with Crippen LogP contribution in [0.5, 0.6) is 0 Å². The number of aliphatic hydroxyl groups is 1. The zero-order valence-corrected chi connectivity index (χ0v) is 9.40. The first kappa shape index (κ1) is 10.6. The maximum Gasteiger partial charge on any atom is 0.0935 e. The van der Waals surface area contributed by atoms with Gasteiger partial charge in [-0.3, -0.25) is 4.98 Å². The molecule has 0 atom stereocenters. The zero-order chi connectivity index (χ0) is 10.9. The molecule has 0 amide bonds. The van der Waals surface area contributed by atoms with Crippen molar-refractivity contribution in [2.24, 2.45) is 0 Å². The summed E-state index contributed by atoms with van der Waals surface area (Å²) in [4.78, 5) is 6.49. The van der Waals surface area contributed by atoms with E-state index in [0.29, 0.717) is 0 Å². The smallest absolute Gasteiger partial charge is 0.0935 e. The topological polar surface area (TPSA) is 36.4 Å². The van der Waals surface area contributed by atoms with Gasteiger partial charge in [0, 0.05) is 30.5 Å². The predicted octanol–water partition coefficient (Wildman–Crippen LogP) is 1.30. The van der Waals surface area contributed by atoms with Crippen molar-refractivity contribution in [3.8, 4) is 0 Å². The third-order valence-corrected chi connectivity index (χ3v) is 3.26. The van der Waals surface area contributed by atoms with Crippen molar-refractivity contribution in [3.63, 3.8) is 0 Å². The van der Waals surface area contributed by atoms with Crippen LogP contribution in [0.3, 0.4) is 0 Å². The van der Waals surface area contributed by atoms with E-state index in [9.17, 15) is 5.11 Å². The molecule has 82 valence electrons. The average molecular weight is 206 g/mol. The molecule has 0 bridgehead atoms. The van der Waals surface area contributed by atoms with Gasteiger partial charge in [0.2, 0.25) is 0 Å². The quantitative estimate of drug-likeness (QED) is 0.752. The number of rotatable bonds is 1. The molecule has 1 aliphatic heterocycles. The van der Waals surface area contributed by atoms with Gasteiger partial charge in [0.05, 0.1) is 5.60 Å². The van der Waals surface area contributed by atoms with Crippen LogP contribution in [0.2, 0.25) is 0 Å². The summed E-state index contributed by atoms with van der Waals surface area (Å²) in [5.74, 6) is 0. The van der Waals surface area contributed by atoms with Crippen LogP contribution in [0.4, 0.5) is 0 Å². The summed E-state index contributed by atoms with van der Waals surface area (Å²) in [5.41, 5.74) is 1.30. The summed E-state index contributed by atoms with van der Waals surface area (Å²) in [7, 11) is 2.09. The summed E-state index contributed by atoms with van der Waals surface area (Å²) in [6.45, 7) is 3.86. The number of hydrogen-bond donors (Lipinski definition) is 1. The Kier molecular flexibility index (Phi) is 2.76. The van der Waals surface area contributed by atoms with Gasteiger partial charge in [-0.05, 0) is 32.9 Å². The lowest BCUT2D eigenvalue weighted by molar-refractivity contribution is -0.0205. The summed E-state index contributed by atoms with van der Waals surface area (Å²) in [6, 6.07) is 3.96. The highest BCUT2D eigenvalue weighted by molar-refractivity contribution is 5.21. The summed E-state index contributed by atoms with van der Waals surface area (Å²) in [5, 5.41) is 10.5. The number of aromatic nitrogens is 1. The second-order valence-corrected chi connectivity index (χ2v) is 4.52. The first-order valence-electron chi connectivity index (χ1n) is 5.44. The first-order valence-corrected chi connectivity index (χ1v) is 5.44. The van der Waals surface area contributed by atoms with E-state index in [2.05, 4.69) is 16.9 Å². The zero-order valence-electron chi connectivity index (χ0n) is 9.40. The average Bonchev–Trinajstić information content (AvgIpc) is 2.24. The Balaban J connectivity index is 2.18. The molecule has 1 aromatic heterocycles. The molecule has 0 radical (unpaired) electrons. The molecule has 15 heavy (non-hydrogen) atoms. The Labute approximate surface area is 90.8 Å². The molecule has 1 aliphatic rings. The van der Waals surface area contributed by atoms with Crippen molar-refractivity contribution in [1.82, 2.24) is 9.88 Å². The molecule has 2 heterocycles. The summed E-state index contributed by atoms with van der Waals surface area (Å²) >= 11 is 0. The molecule has 1 fully saturated rings. The van der Waals surface area contributed by atoms with Crippen LogP contribution in [-0.2, 0) is 5.60 Å². The van der Waals surface area contributed by atoms with Gasteiger partial charge in [-0.1, -0.05) is 6.07 Å². The largest absolute Gasteiger partial charge is 0.385 e. The van der Waals surface area contributed by atoms with Crippen LogP contribution < -0.4 is 0 Å². The van der Waals surface area contributed by atoms with Crippen molar-refractivity contribution >= 4 is 0 Å². The Bertz CT molecular complexity index is 326. The fourth-order valence-electron chi connectivity index (χ4n) is 2.02. The second kappa shape index (κ2) is 3.91. The third kappa shape index (κ3) is 2.19. The lowest BCUT2D eigenvalue weighted by atomic mass is 9.85. The van der Waals surface area contributed by atoms with Crippen molar-refractivity contribution in [2.75, 3.05) is 20.1 Å². The molecule has 0 unspecified atom stereocenters. The van der Waals surface area contributed by atoms with E-state index in [1.165, 1.54) is 0 Å². The SMILES string of the molecule is Cc1ccc(C2(O)CCN(C)CC2)cn1. The number of pyridine rings is 1. The van der Waals surface area contributed by atoms with Crippen molar-refractivity contribution < 1.29 is 5.11 Å². The number of likely N-dealkylation sites (tertiary alicyclic amines) is 1. The van der Waals surface area contributed by atoms with Crippen LogP contribution in [0, 0.1) is 6.92 Å². The van der Waals surface area contributed by atoms with Crippen LogP contribution in [0.1, 0.15) is 24.1 Å². The molecule has 0 aliphatic carbocycles. The molecule has 1 saturated heterocycles. The van der Waals surface area contributed by atoms with Crippen molar-refractivity contribution in [3.05, 3.63) is 29.6 Å². The Morgan fingerprint density at radius 1 is 1.33 bits per heavy atom. The highest BCUT2D eigenvalue weighted by Crippen LogP contribution is 2.31. The van der Waals surface area contributed by atoms with Crippen molar-refractivity contribution in [2.45, 2.75) is 25.4 Å². The second-order valence-electron chi connectivity index (χ2n) is 4.52. The summed E-state index contributed by atoms with van der Waals surface area (Å²) < 4.78 is 0. The summed E-state index contributed by atoms with van der Waals surface area (Å²) in [6.07, 6.45) is 3.41. The van der Waals surface area contributed by atoms with E-state index in [4.69, 9.17) is 0 Å². The maximum atomic E-state index is 10.5. The maximum absolute atomic E-state index is 10.5. The minimum absolute atomic E-state index is 0.660. The Hall–Kier alpha value is -0.930. The van der Waals surface area contributed by atoms with Gasteiger partial charge >= 0.3 is 0 Å². The molecule has 3 heteroatoms. The van der Waals surface area contributed by atoms with Crippen LogP contribution in [0.15, 0.2) is 18.3 Å². The van der Waals surface area contributed by atoms with Gasteiger partial charge in [-0.15, -0.1) is 0 Å². The van der Waals surface area contributed by atoms with Crippen LogP contribution >= 0.6 is 0 Å². The molecule has 3 nitrogen and oxygen atoms in total. The van der Waals surface area contributed by atoms with Crippen LogP contribution in [0.25, 0.3) is 0 Å². The van der Waals surface area contributed by atoms with E-state index in [0.717, 1.165) is 37.2 Å². The molecular formula is C12H18N2O. The van der Waals surface area contributed by atoms with Crippen molar-refractivity contribution in [1.29, 1.82) is 0 Å². The van der Waals surface area contributed by atoms with E-state index in [1.54, 1.807) is 6.20 Å². The van der Waals surface area contributed by atoms with Gasteiger partial charge in [0.1, 0.15) is 0 Å². The first-order chi connectivity index (χ1) is 7.10. The van der Waals surface area contributed by atoms with Crippen LogP contribution in [-0.4, -0.2) is 35.1 Å². The molecule has 2 rings (SSSR count). The minimum Gasteiger partial charge on any atom is -0.385 e. The lowest BCUT2D eigenvalue weighted by Gasteiger charge is -2.36. The predicted molar refractivity (Wildman–Crippen MR) is 59.6 cm³/mol. The third-order valence-electron chi connectivity index (χ3n) is 3.26. The number of hydrogen-bond acceptors (Lipinski definition) is 3. The van der Waals surface area contributed by atoms with Gasteiger partial charge in [0.25, 0.3) is 0 Å². The Morgan fingerprint density at radius 2 is 2.00 bits per heavy atom. The number of aryl methyl sites for hydroxylation is 1. The lowest BCUT2D eigenvalue weighted by Crippen LogP contribution is -2.40. The van der Waals surface area contributed by atoms with E-state index < -0.39 is 5.60 Å². The molecule has 1 aromatic rings. The normalized spacial score (nSPS) is 21.5. The van der Waals surface area contributed by atoms with Gasteiger partial charge in [0.15, 0.2) is 0 Å². The number of nitrogens with zero attached hydrogens (tertiary/aromatic N) is 2. The van der Waals surface area contributed by atoms with Gasteiger partial charge < -0.3 is 10.0 Å². The highest BCUT2D eigenvalue weighted by atomic mass is 16.3. The fraction of sp³-hybridized carbons (Fsp3) is 0.583. The highest BCUT2D eigenvalue weighted by Gasteiger charge is 2.32. The van der Waals surface area contributed by atoms with E-state index in [1.807, 2.05) is 19.1 Å².